The van der Waals surface area contributed by atoms with Crippen LogP contribution in [0.1, 0.15) is 38.8 Å². The Hall–Kier alpha value is -2.64. The summed E-state index contributed by atoms with van der Waals surface area (Å²) in [7, 11) is 1.66. The molecule has 2 heterocycles. The molecule has 8 heteroatoms. The number of amides is 1. The predicted molar refractivity (Wildman–Crippen MR) is 111 cm³/mol. The van der Waals surface area contributed by atoms with Gasteiger partial charge in [0.15, 0.2) is 5.96 Å². The summed E-state index contributed by atoms with van der Waals surface area (Å²) in [6, 6.07) is 4.02. The molecule has 2 N–H and O–H groups in total. The maximum atomic E-state index is 12.2. The first-order valence-corrected chi connectivity index (χ1v) is 10.1. The zero-order valence-electron chi connectivity index (χ0n) is 18.0. The number of carbonyl (C=O) groups excluding carboxylic acids is 1. The first kappa shape index (κ1) is 21.1. The number of nitrogens with two attached hydrogens (primary N) is 1. The Balaban J connectivity index is 1.59. The van der Waals surface area contributed by atoms with E-state index in [0.29, 0.717) is 38.7 Å². The Morgan fingerprint density at radius 3 is 2.52 bits per heavy atom. The maximum absolute atomic E-state index is 12.2. The molecule has 1 atom stereocenters. The monoisotopic (exact) mass is 404 g/mol. The summed E-state index contributed by atoms with van der Waals surface area (Å²) in [6.45, 7) is 10.4. The molecule has 1 aromatic rings. The first-order chi connectivity index (χ1) is 13.7. The second-order valence-electron chi connectivity index (χ2n) is 8.53. The van der Waals surface area contributed by atoms with E-state index in [1.165, 1.54) is 0 Å². The molecular formula is C21H32N4O4. The molecule has 3 rings (SSSR count). The van der Waals surface area contributed by atoms with Crippen molar-refractivity contribution in [1.29, 1.82) is 0 Å². The molecule has 0 aliphatic carbocycles. The topological polar surface area (TPSA) is 89.6 Å². The van der Waals surface area contributed by atoms with Gasteiger partial charge >= 0.3 is 6.09 Å². The number of nitrogens with zero attached hydrogens (tertiary/aromatic N) is 3. The van der Waals surface area contributed by atoms with Crippen LogP contribution in [-0.2, 0) is 17.7 Å². The van der Waals surface area contributed by atoms with Gasteiger partial charge in [-0.05, 0) is 39.8 Å². The maximum Gasteiger partial charge on any atom is 0.410 e. The van der Waals surface area contributed by atoms with Gasteiger partial charge in [-0.1, -0.05) is 0 Å². The zero-order valence-corrected chi connectivity index (χ0v) is 18.0. The molecule has 2 aliphatic rings. The zero-order chi connectivity index (χ0) is 21.2. The van der Waals surface area contributed by atoms with Crippen LogP contribution in [0, 0.1) is 0 Å². The summed E-state index contributed by atoms with van der Waals surface area (Å²) >= 11 is 0. The molecule has 8 nitrogen and oxygen atoms in total. The van der Waals surface area contributed by atoms with Gasteiger partial charge in [0.1, 0.15) is 23.2 Å². The third kappa shape index (κ3) is 5.25. The first-order valence-electron chi connectivity index (χ1n) is 10.1. The molecule has 2 aliphatic heterocycles. The predicted octanol–water partition coefficient (Wildman–Crippen LogP) is 2.39. The number of hydrogen-bond acceptors (Lipinski definition) is 5. The number of methoxy groups -OCH3 is 1. The van der Waals surface area contributed by atoms with Crippen LogP contribution in [0.3, 0.4) is 0 Å². The van der Waals surface area contributed by atoms with Crippen molar-refractivity contribution in [3.63, 3.8) is 0 Å². The molecule has 1 saturated heterocycles. The SMILES string of the molecule is COc1cc2c(cc1CN=C(N)N1CCN(C(=O)OC(C)(C)C)CC1)OC(C)C2. The van der Waals surface area contributed by atoms with Crippen LogP contribution in [0.15, 0.2) is 17.1 Å². The van der Waals surface area contributed by atoms with E-state index in [1.807, 2.05) is 37.8 Å². The smallest absolute Gasteiger partial charge is 0.410 e. The highest BCUT2D eigenvalue weighted by Gasteiger charge is 2.26. The number of fused-ring (bicyclic) bond motifs is 1. The van der Waals surface area contributed by atoms with Gasteiger partial charge in [-0.25, -0.2) is 9.79 Å². The van der Waals surface area contributed by atoms with Gasteiger partial charge < -0.3 is 29.7 Å². The average molecular weight is 405 g/mol. The Morgan fingerprint density at radius 2 is 1.90 bits per heavy atom. The molecule has 0 radical (unpaired) electrons. The van der Waals surface area contributed by atoms with Crippen molar-refractivity contribution in [3.05, 3.63) is 23.3 Å². The third-order valence-corrected chi connectivity index (χ3v) is 4.97. The molecule has 1 fully saturated rings. The minimum absolute atomic E-state index is 0.180. The minimum Gasteiger partial charge on any atom is -0.496 e. The lowest BCUT2D eigenvalue weighted by molar-refractivity contribution is 0.0186. The number of ether oxygens (including phenoxy) is 3. The highest BCUT2D eigenvalue weighted by molar-refractivity contribution is 5.78. The number of carbonyl (C=O) groups is 1. The Morgan fingerprint density at radius 1 is 1.24 bits per heavy atom. The fourth-order valence-corrected chi connectivity index (χ4v) is 3.51. The van der Waals surface area contributed by atoms with E-state index in [0.717, 1.165) is 29.0 Å². The van der Waals surface area contributed by atoms with Crippen LogP contribution in [0.4, 0.5) is 4.79 Å². The van der Waals surface area contributed by atoms with Crippen LogP contribution in [0.25, 0.3) is 0 Å². The Bertz CT molecular complexity index is 780. The number of hydrogen-bond donors (Lipinski definition) is 1. The summed E-state index contributed by atoms with van der Waals surface area (Å²) in [6.07, 6.45) is 0.781. The molecule has 1 amide bonds. The Kier molecular flexibility index (Phi) is 6.10. The number of piperazine rings is 1. The van der Waals surface area contributed by atoms with Crippen LogP contribution in [-0.4, -0.2) is 66.8 Å². The summed E-state index contributed by atoms with van der Waals surface area (Å²) in [5, 5.41) is 0. The molecular weight excluding hydrogens is 372 g/mol. The van der Waals surface area contributed by atoms with E-state index in [4.69, 9.17) is 19.9 Å². The van der Waals surface area contributed by atoms with E-state index >= 15 is 0 Å². The third-order valence-electron chi connectivity index (χ3n) is 4.97. The number of guanidine groups is 1. The number of benzene rings is 1. The van der Waals surface area contributed by atoms with E-state index < -0.39 is 5.60 Å². The summed E-state index contributed by atoms with van der Waals surface area (Å²) in [4.78, 5) is 20.4. The van der Waals surface area contributed by atoms with Crippen molar-refractivity contribution < 1.29 is 19.0 Å². The Labute approximate surface area is 172 Å². The van der Waals surface area contributed by atoms with Gasteiger partial charge in [0.2, 0.25) is 0 Å². The van der Waals surface area contributed by atoms with E-state index in [1.54, 1.807) is 12.0 Å². The van der Waals surface area contributed by atoms with Gasteiger partial charge in [0.05, 0.1) is 13.7 Å². The van der Waals surface area contributed by atoms with Gasteiger partial charge in [-0.3, -0.25) is 0 Å². The van der Waals surface area contributed by atoms with Crippen molar-refractivity contribution in [2.24, 2.45) is 10.7 Å². The number of rotatable bonds is 3. The molecule has 1 aromatic carbocycles. The van der Waals surface area contributed by atoms with Gasteiger partial charge in [0, 0.05) is 43.7 Å². The second kappa shape index (κ2) is 8.39. The second-order valence-corrected chi connectivity index (χ2v) is 8.53. The van der Waals surface area contributed by atoms with Gasteiger partial charge in [0.25, 0.3) is 0 Å². The summed E-state index contributed by atoms with van der Waals surface area (Å²) < 4.78 is 16.8. The largest absolute Gasteiger partial charge is 0.496 e. The quantitative estimate of drug-likeness (QED) is 0.615. The van der Waals surface area contributed by atoms with Crippen molar-refractivity contribution in [2.45, 2.75) is 52.4 Å². The fraction of sp³-hybridized carbons (Fsp3) is 0.619. The normalized spacial score (nSPS) is 19.6. The lowest BCUT2D eigenvalue weighted by atomic mass is 10.1. The minimum atomic E-state index is -0.495. The molecule has 29 heavy (non-hydrogen) atoms. The van der Waals surface area contributed by atoms with Gasteiger partial charge in [-0.2, -0.15) is 0 Å². The van der Waals surface area contributed by atoms with Crippen molar-refractivity contribution in [1.82, 2.24) is 9.80 Å². The van der Waals surface area contributed by atoms with E-state index in [9.17, 15) is 4.79 Å². The van der Waals surface area contributed by atoms with Crippen LogP contribution in [0.2, 0.25) is 0 Å². The fourth-order valence-electron chi connectivity index (χ4n) is 3.51. The van der Waals surface area contributed by atoms with Crippen molar-refractivity contribution in [2.75, 3.05) is 33.3 Å². The van der Waals surface area contributed by atoms with E-state index in [2.05, 4.69) is 11.9 Å². The van der Waals surface area contributed by atoms with Crippen LogP contribution < -0.4 is 15.2 Å². The highest BCUT2D eigenvalue weighted by atomic mass is 16.6. The summed E-state index contributed by atoms with van der Waals surface area (Å²) in [5.41, 5.74) is 7.82. The average Bonchev–Trinajstić information content (AvgIpc) is 3.02. The molecule has 1 unspecified atom stereocenters. The lowest BCUT2D eigenvalue weighted by Crippen LogP contribution is -2.53. The highest BCUT2D eigenvalue weighted by Crippen LogP contribution is 2.35. The van der Waals surface area contributed by atoms with Crippen LogP contribution >= 0.6 is 0 Å². The van der Waals surface area contributed by atoms with Crippen molar-refractivity contribution in [3.8, 4) is 11.5 Å². The van der Waals surface area contributed by atoms with E-state index in [-0.39, 0.29) is 12.2 Å². The van der Waals surface area contributed by atoms with Crippen molar-refractivity contribution >= 4 is 12.1 Å². The molecule has 0 saturated carbocycles. The molecule has 0 aromatic heterocycles. The van der Waals surface area contributed by atoms with Gasteiger partial charge in [-0.15, -0.1) is 0 Å². The van der Waals surface area contributed by atoms with Crippen LogP contribution in [0.5, 0.6) is 11.5 Å². The standard InChI is InChI=1S/C21H32N4O4/c1-14-10-15-11-17(27-5)16(12-18(15)28-14)13-23-19(22)24-6-8-25(9-7-24)20(26)29-21(2,3)4/h11-12,14H,6-10,13H2,1-5H3,(H2,22,23). The molecule has 0 bridgehead atoms. The number of aliphatic imine (C=N–C) groups is 1. The lowest BCUT2D eigenvalue weighted by Gasteiger charge is -2.36. The molecule has 0 spiro atoms. The molecule has 160 valence electrons. The summed E-state index contributed by atoms with van der Waals surface area (Å²) in [5.74, 6) is 2.16.